The average Bonchev–Trinajstić information content (AvgIpc) is 3.24. The molecule has 5 rings (SSSR count). The van der Waals surface area contributed by atoms with Crippen molar-refractivity contribution in [3.8, 4) is 5.75 Å². The number of methoxy groups -OCH3 is 1. The van der Waals surface area contributed by atoms with Gasteiger partial charge in [-0.3, -0.25) is 0 Å². The fraction of sp³-hybridized carbons (Fsp3) is 0.396. The Morgan fingerprint density at radius 3 is 1.28 bits per heavy atom. The summed E-state index contributed by atoms with van der Waals surface area (Å²) in [5, 5.41) is 16.7. The van der Waals surface area contributed by atoms with Crippen molar-refractivity contribution in [2.75, 3.05) is 20.3 Å². The van der Waals surface area contributed by atoms with E-state index in [2.05, 4.69) is 202 Å². The Kier molecular flexibility index (Phi) is 16.2. The topological polar surface area (TPSA) is 57.2 Å². The number of hydrogen-bond acceptors (Lipinski definition) is 5. The normalized spacial score (nSPS) is 15.5. The maximum Gasteiger partial charge on any atom is 0.261 e. The van der Waals surface area contributed by atoms with E-state index < -0.39 is 22.7 Å². The van der Waals surface area contributed by atoms with Crippen LogP contribution in [0.1, 0.15) is 74.8 Å². The zero-order valence-corrected chi connectivity index (χ0v) is 40.0. The van der Waals surface area contributed by atoms with Crippen molar-refractivity contribution in [3.05, 3.63) is 163 Å². The standard InChI is InChI=1S/C53H70O5Si2/c1-40(50(54)42(3)37-57-59(52(5,6)7,46-24-16-12-17-25-46)47-26-18-13-19-27-47)36-41(2)51(56-39-44-32-34-45(55-11)35-33-44)43(4)38-58-60(53(8,9)10,48-28-20-14-21-29-48)49-30-22-15-23-31-49/h12-36,41-43,50-51,54H,37-39H2,1-11H3/b40-36+/t41-,42+,43+,50?,51+/m1/s1. The van der Waals surface area contributed by atoms with Crippen LogP contribution in [0, 0.1) is 17.8 Å². The second-order valence-electron chi connectivity index (χ2n) is 18.7. The van der Waals surface area contributed by atoms with E-state index in [1.54, 1.807) is 7.11 Å². The molecular formula is C53H70O5Si2. The first-order valence-electron chi connectivity index (χ1n) is 21.7. The van der Waals surface area contributed by atoms with Gasteiger partial charge in [0.05, 0.1) is 25.9 Å². The third kappa shape index (κ3) is 10.7. The van der Waals surface area contributed by atoms with Crippen LogP contribution in [-0.4, -0.2) is 54.3 Å². The molecule has 0 aliphatic heterocycles. The maximum atomic E-state index is 12.0. The Balaban J connectivity index is 1.42. The first-order chi connectivity index (χ1) is 28.5. The number of aliphatic hydroxyl groups is 1. The number of aliphatic hydroxyl groups excluding tert-OH is 1. The molecule has 0 radical (unpaired) electrons. The molecule has 5 atom stereocenters. The SMILES string of the molecule is COc1ccc(CO[C@@H]([C@H](C)/C=C(\C)C(O)[C@@H](C)CO[Si](c2ccccc2)(c2ccccc2)C(C)(C)C)[C@@H](C)CO[Si](c2ccccc2)(c2ccccc2)C(C)(C)C)cc1. The molecule has 7 heteroatoms. The van der Waals surface area contributed by atoms with Crippen LogP contribution in [0.15, 0.2) is 157 Å². The summed E-state index contributed by atoms with van der Waals surface area (Å²) in [6.07, 6.45) is 1.31. The zero-order chi connectivity index (χ0) is 43.6. The summed E-state index contributed by atoms with van der Waals surface area (Å²) in [6, 6.07) is 51.1. The Hall–Kier alpha value is -4.09. The summed E-state index contributed by atoms with van der Waals surface area (Å²) in [6.45, 7) is 23.8. The highest BCUT2D eigenvalue weighted by Crippen LogP contribution is 2.39. The van der Waals surface area contributed by atoms with Crippen LogP contribution in [0.4, 0.5) is 0 Å². The average molecular weight is 843 g/mol. The lowest BCUT2D eigenvalue weighted by atomic mass is 9.89. The van der Waals surface area contributed by atoms with Crippen LogP contribution < -0.4 is 25.5 Å². The van der Waals surface area contributed by atoms with Gasteiger partial charge in [-0.05, 0) is 61.0 Å². The molecule has 5 aromatic rings. The third-order valence-corrected chi connectivity index (χ3v) is 22.2. The van der Waals surface area contributed by atoms with Crippen molar-refractivity contribution in [1.82, 2.24) is 0 Å². The highest BCUT2D eigenvalue weighted by atomic mass is 28.4. The molecule has 0 spiro atoms. The first-order valence-corrected chi connectivity index (χ1v) is 25.5. The fourth-order valence-electron chi connectivity index (χ4n) is 9.03. The smallest absolute Gasteiger partial charge is 0.261 e. The first kappa shape index (κ1) is 47.0. The molecule has 0 fully saturated rings. The van der Waals surface area contributed by atoms with Gasteiger partial charge in [0.15, 0.2) is 0 Å². The predicted molar refractivity (Wildman–Crippen MR) is 256 cm³/mol. The minimum Gasteiger partial charge on any atom is -0.497 e. The zero-order valence-electron chi connectivity index (χ0n) is 38.0. The number of ether oxygens (including phenoxy) is 2. The molecule has 0 bridgehead atoms. The molecule has 0 amide bonds. The van der Waals surface area contributed by atoms with Crippen molar-refractivity contribution in [1.29, 1.82) is 0 Å². The number of hydrogen-bond donors (Lipinski definition) is 1. The minimum atomic E-state index is -2.78. The Labute approximate surface area is 364 Å². The molecule has 0 aliphatic carbocycles. The largest absolute Gasteiger partial charge is 0.497 e. The van der Waals surface area contributed by atoms with E-state index in [4.69, 9.17) is 18.3 Å². The van der Waals surface area contributed by atoms with Gasteiger partial charge in [-0.25, -0.2) is 0 Å². The van der Waals surface area contributed by atoms with Crippen LogP contribution >= 0.6 is 0 Å². The molecule has 0 aliphatic rings. The lowest BCUT2D eigenvalue weighted by Gasteiger charge is -2.44. The van der Waals surface area contributed by atoms with Gasteiger partial charge in [0.1, 0.15) is 5.75 Å². The summed E-state index contributed by atoms with van der Waals surface area (Å²) in [5.74, 6) is 0.665. The molecule has 320 valence electrons. The molecule has 0 saturated carbocycles. The van der Waals surface area contributed by atoms with Crippen LogP contribution in [0.3, 0.4) is 0 Å². The molecular weight excluding hydrogens is 773 g/mol. The summed E-state index contributed by atoms with van der Waals surface area (Å²) >= 11 is 0. The highest BCUT2D eigenvalue weighted by Gasteiger charge is 2.51. The summed E-state index contributed by atoms with van der Waals surface area (Å²) in [7, 11) is -3.86. The second kappa shape index (κ2) is 20.7. The minimum absolute atomic E-state index is 0.0250. The molecule has 0 aromatic heterocycles. The van der Waals surface area contributed by atoms with Crippen molar-refractivity contribution in [3.63, 3.8) is 0 Å². The molecule has 5 aromatic carbocycles. The van der Waals surface area contributed by atoms with E-state index >= 15 is 0 Å². The van der Waals surface area contributed by atoms with E-state index in [9.17, 15) is 5.11 Å². The van der Waals surface area contributed by atoms with E-state index in [1.807, 2.05) is 19.1 Å². The van der Waals surface area contributed by atoms with E-state index in [-0.39, 0.29) is 33.9 Å². The van der Waals surface area contributed by atoms with Gasteiger partial charge in [-0.1, -0.05) is 202 Å². The molecule has 1 N–H and O–H groups in total. The molecule has 1 unspecified atom stereocenters. The second-order valence-corrected chi connectivity index (χ2v) is 27.4. The molecule has 0 saturated heterocycles. The monoisotopic (exact) mass is 842 g/mol. The lowest BCUT2D eigenvalue weighted by molar-refractivity contribution is -0.0294. The van der Waals surface area contributed by atoms with Crippen LogP contribution in [0.25, 0.3) is 0 Å². The van der Waals surface area contributed by atoms with Gasteiger partial charge < -0.3 is 23.4 Å². The third-order valence-electron chi connectivity index (χ3n) is 12.2. The van der Waals surface area contributed by atoms with Crippen LogP contribution in [-0.2, 0) is 20.2 Å². The van der Waals surface area contributed by atoms with Gasteiger partial charge in [0, 0.05) is 31.0 Å². The van der Waals surface area contributed by atoms with Crippen molar-refractivity contribution in [2.24, 2.45) is 17.8 Å². The Morgan fingerprint density at radius 2 is 0.933 bits per heavy atom. The van der Waals surface area contributed by atoms with Gasteiger partial charge in [-0.15, -0.1) is 0 Å². The summed E-state index contributed by atoms with van der Waals surface area (Å²) in [4.78, 5) is 0. The Morgan fingerprint density at radius 1 is 0.567 bits per heavy atom. The highest BCUT2D eigenvalue weighted by molar-refractivity contribution is 7.00. The predicted octanol–water partition coefficient (Wildman–Crippen LogP) is 9.95. The molecule has 0 heterocycles. The fourth-order valence-corrected chi connectivity index (χ4v) is 18.4. The van der Waals surface area contributed by atoms with E-state index in [1.165, 1.54) is 20.7 Å². The van der Waals surface area contributed by atoms with Gasteiger partial charge in [0.2, 0.25) is 0 Å². The molecule has 5 nitrogen and oxygen atoms in total. The van der Waals surface area contributed by atoms with E-state index in [0.717, 1.165) is 16.9 Å². The molecule has 60 heavy (non-hydrogen) atoms. The Bertz CT molecular complexity index is 1960. The van der Waals surface area contributed by atoms with E-state index in [0.29, 0.717) is 19.8 Å². The van der Waals surface area contributed by atoms with Crippen LogP contribution in [0.5, 0.6) is 5.75 Å². The maximum absolute atomic E-state index is 12.0. The summed E-state index contributed by atoms with van der Waals surface area (Å²) < 4.78 is 27.1. The number of rotatable bonds is 19. The quantitative estimate of drug-likeness (QED) is 0.0663. The summed E-state index contributed by atoms with van der Waals surface area (Å²) in [5.41, 5.74) is 1.99. The number of benzene rings is 5. The van der Waals surface area contributed by atoms with Gasteiger partial charge in [-0.2, -0.15) is 0 Å². The van der Waals surface area contributed by atoms with Gasteiger partial charge in [0.25, 0.3) is 16.6 Å². The van der Waals surface area contributed by atoms with Crippen molar-refractivity contribution in [2.45, 2.75) is 98.1 Å². The van der Waals surface area contributed by atoms with Crippen molar-refractivity contribution < 1.29 is 23.4 Å². The lowest BCUT2D eigenvalue weighted by Crippen LogP contribution is -2.67. The van der Waals surface area contributed by atoms with Crippen LogP contribution in [0.2, 0.25) is 10.1 Å². The van der Waals surface area contributed by atoms with Gasteiger partial charge >= 0.3 is 0 Å². The van der Waals surface area contributed by atoms with Crippen molar-refractivity contribution >= 4 is 37.4 Å².